The van der Waals surface area contributed by atoms with Crippen LogP contribution < -0.4 is 5.32 Å². The molecular weight excluding hydrogens is 344 g/mol. The summed E-state index contributed by atoms with van der Waals surface area (Å²) in [5.41, 5.74) is 0.345. The molecule has 1 amide bonds. The van der Waals surface area contributed by atoms with E-state index in [4.69, 9.17) is 4.42 Å². The molecule has 1 aromatic rings. The van der Waals surface area contributed by atoms with Crippen molar-refractivity contribution < 1.29 is 14.3 Å². The van der Waals surface area contributed by atoms with Gasteiger partial charge in [-0.05, 0) is 18.8 Å². The minimum absolute atomic E-state index is 0.177. The van der Waals surface area contributed by atoms with Gasteiger partial charge in [-0.25, -0.2) is 4.98 Å². The SMILES string of the molecule is C=CCC[C@H](O)CN1CCN(Cc2nc(C(=O)NC[C@H](C)CC)co2)CC1. The largest absolute Gasteiger partial charge is 0.447 e. The number of carbonyl (C=O) groups excluding carboxylic acids is 1. The van der Waals surface area contributed by atoms with Crippen LogP contribution in [0.4, 0.5) is 0 Å². The summed E-state index contributed by atoms with van der Waals surface area (Å²) in [7, 11) is 0. The summed E-state index contributed by atoms with van der Waals surface area (Å²) in [6.45, 7) is 13.5. The molecule has 1 saturated heterocycles. The second-order valence-electron chi connectivity index (χ2n) is 7.45. The van der Waals surface area contributed by atoms with E-state index < -0.39 is 0 Å². The van der Waals surface area contributed by atoms with E-state index in [0.717, 1.165) is 45.4 Å². The number of allylic oxidation sites excluding steroid dienone is 1. The van der Waals surface area contributed by atoms with E-state index in [2.05, 4.69) is 40.5 Å². The second-order valence-corrected chi connectivity index (χ2v) is 7.45. The van der Waals surface area contributed by atoms with Crippen LogP contribution in [0.15, 0.2) is 23.3 Å². The molecular formula is C20H34N4O3. The predicted molar refractivity (Wildman–Crippen MR) is 105 cm³/mol. The van der Waals surface area contributed by atoms with E-state index in [1.165, 1.54) is 6.26 Å². The van der Waals surface area contributed by atoms with Crippen molar-refractivity contribution in [1.82, 2.24) is 20.1 Å². The fourth-order valence-corrected chi connectivity index (χ4v) is 3.01. The highest BCUT2D eigenvalue weighted by molar-refractivity contribution is 5.91. The first-order chi connectivity index (χ1) is 13.0. The first-order valence-corrected chi connectivity index (χ1v) is 9.98. The molecule has 152 valence electrons. The standard InChI is InChI=1S/C20H34N4O3/c1-4-6-7-17(25)13-23-8-10-24(11-9-23)14-19-22-18(15-27-19)20(26)21-12-16(3)5-2/h4,15-17,25H,1,5-14H2,2-3H3,(H,21,26)/t16-,17+/m1/s1. The van der Waals surface area contributed by atoms with Crippen LogP contribution in [0.5, 0.6) is 0 Å². The Kier molecular flexibility index (Phi) is 8.97. The minimum atomic E-state index is -0.294. The number of rotatable bonds is 11. The number of β-amino-alcohol motifs (C(OH)–C–C–N with tert-alkyl or cyclic N) is 1. The lowest BCUT2D eigenvalue weighted by molar-refractivity contribution is 0.0642. The van der Waals surface area contributed by atoms with Crippen LogP contribution >= 0.6 is 0 Å². The molecule has 1 fully saturated rings. The van der Waals surface area contributed by atoms with Crippen molar-refractivity contribution in [1.29, 1.82) is 0 Å². The van der Waals surface area contributed by atoms with Crippen molar-refractivity contribution in [3.8, 4) is 0 Å². The second kappa shape index (κ2) is 11.2. The minimum Gasteiger partial charge on any atom is -0.447 e. The molecule has 0 spiro atoms. The van der Waals surface area contributed by atoms with Gasteiger partial charge in [-0.15, -0.1) is 6.58 Å². The van der Waals surface area contributed by atoms with E-state index in [1.54, 1.807) is 0 Å². The maximum Gasteiger partial charge on any atom is 0.273 e. The van der Waals surface area contributed by atoms with Gasteiger partial charge in [0.2, 0.25) is 5.89 Å². The first kappa shape index (κ1) is 21.6. The average Bonchev–Trinajstić information content (AvgIpc) is 3.14. The van der Waals surface area contributed by atoms with Crippen molar-refractivity contribution in [2.75, 3.05) is 39.3 Å². The summed E-state index contributed by atoms with van der Waals surface area (Å²) in [5, 5.41) is 12.9. The highest BCUT2D eigenvalue weighted by Gasteiger charge is 2.21. The first-order valence-electron chi connectivity index (χ1n) is 9.98. The number of aliphatic hydroxyl groups excluding tert-OH is 1. The molecule has 2 heterocycles. The van der Waals surface area contributed by atoms with Gasteiger partial charge < -0.3 is 14.8 Å². The summed E-state index contributed by atoms with van der Waals surface area (Å²) < 4.78 is 5.48. The topological polar surface area (TPSA) is 81.8 Å². The summed E-state index contributed by atoms with van der Waals surface area (Å²) in [5.74, 6) is 0.846. The number of carbonyl (C=O) groups is 1. The van der Waals surface area contributed by atoms with Crippen LogP contribution in [-0.2, 0) is 6.54 Å². The highest BCUT2D eigenvalue weighted by Crippen LogP contribution is 2.11. The molecule has 1 aliphatic heterocycles. The maximum absolute atomic E-state index is 12.1. The molecule has 0 aliphatic carbocycles. The lowest BCUT2D eigenvalue weighted by atomic mass is 10.1. The van der Waals surface area contributed by atoms with E-state index >= 15 is 0 Å². The monoisotopic (exact) mass is 378 g/mol. The van der Waals surface area contributed by atoms with Crippen molar-refractivity contribution in [2.45, 2.75) is 45.8 Å². The van der Waals surface area contributed by atoms with Gasteiger partial charge >= 0.3 is 0 Å². The molecule has 2 atom stereocenters. The van der Waals surface area contributed by atoms with Crippen LogP contribution in [0.3, 0.4) is 0 Å². The third kappa shape index (κ3) is 7.44. The molecule has 27 heavy (non-hydrogen) atoms. The van der Waals surface area contributed by atoms with Crippen LogP contribution in [-0.4, -0.2) is 71.2 Å². The predicted octanol–water partition coefficient (Wildman–Crippen LogP) is 1.90. The molecule has 0 unspecified atom stereocenters. The van der Waals surface area contributed by atoms with Crippen LogP contribution in [0.1, 0.15) is 49.5 Å². The number of hydrogen-bond donors (Lipinski definition) is 2. The van der Waals surface area contributed by atoms with E-state index in [9.17, 15) is 9.90 Å². The Bertz CT molecular complexity index is 582. The summed E-state index contributed by atoms with van der Waals surface area (Å²) in [4.78, 5) is 21.0. The molecule has 7 nitrogen and oxygen atoms in total. The van der Waals surface area contributed by atoms with Gasteiger partial charge in [-0.1, -0.05) is 26.3 Å². The third-order valence-corrected chi connectivity index (χ3v) is 5.09. The fourth-order valence-electron chi connectivity index (χ4n) is 3.01. The van der Waals surface area contributed by atoms with Crippen molar-refractivity contribution in [2.24, 2.45) is 5.92 Å². The zero-order valence-electron chi connectivity index (χ0n) is 16.7. The Labute approximate surface area is 162 Å². The fraction of sp³-hybridized carbons (Fsp3) is 0.700. The highest BCUT2D eigenvalue weighted by atomic mass is 16.3. The zero-order chi connectivity index (χ0) is 19.6. The lowest BCUT2D eigenvalue weighted by Gasteiger charge is -2.34. The Morgan fingerprint density at radius 1 is 1.41 bits per heavy atom. The van der Waals surface area contributed by atoms with Crippen molar-refractivity contribution in [3.05, 3.63) is 30.5 Å². The molecule has 2 N–H and O–H groups in total. The number of amides is 1. The average molecular weight is 379 g/mol. The molecule has 7 heteroatoms. The van der Waals surface area contributed by atoms with Gasteiger partial charge in [-0.3, -0.25) is 14.6 Å². The van der Waals surface area contributed by atoms with Crippen molar-refractivity contribution in [3.63, 3.8) is 0 Å². The smallest absolute Gasteiger partial charge is 0.273 e. The quantitative estimate of drug-likeness (QED) is 0.573. The number of oxazole rings is 1. The molecule has 1 aromatic heterocycles. The Balaban J connectivity index is 1.72. The summed E-state index contributed by atoms with van der Waals surface area (Å²) >= 11 is 0. The van der Waals surface area contributed by atoms with Gasteiger partial charge in [0.15, 0.2) is 5.69 Å². The van der Waals surface area contributed by atoms with E-state index in [1.807, 2.05) is 6.08 Å². The van der Waals surface area contributed by atoms with Crippen LogP contribution in [0.25, 0.3) is 0 Å². The van der Waals surface area contributed by atoms with E-state index in [-0.39, 0.29) is 12.0 Å². The molecule has 1 aliphatic rings. The van der Waals surface area contributed by atoms with Crippen LogP contribution in [0.2, 0.25) is 0 Å². The lowest BCUT2D eigenvalue weighted by Crippen LogP contribution is -2.48. The number of nitrogens with one attached hydrogen (secondary N) is 1. The van der Waals surface area contributed by atoms with Gasteiger partial charge in [-0.2, -0.15) is 0 Å². The molecule has 0 bridgehead atoms. The zero-order valence-corrected chi connectivity index (χ0v) is 16.7. The number of aliphatic hydroxyl groups is 1. The number of aromatic nitrogens is 1. The maximum atomic E-state index is 12.1. The van der Waals surface area contributed by atoms with Gasteiger partial charge in [0.05, 0.1) is 12.6 Å². The molecule has 0 aromatic carbocycles. The number of nitrogens with zero attached hydrogens (tertiary/aromatic N) is 3. The van der Waals surface area contributed by atoms with Crippen LogP contribution in [0, 0.1) is 5.92 Å². The normalized spacial score (nSPS) is 18.2. The van der Waals surface area contributed by atoms with Gasteiger partial charge in [0.1, 0.15) is 6.26 Å². The third-order valence-electron chi connectivity index (χ3n) is 5.09. The Morgan fingerprint density at radius 2 is 2.11 bits per heavy atom. The van der Waals surface area contributed by atoms with E-state index in [0.29, 0.717) is 37.1 Å². The summed E-state index contributed by atoms with van der Waals surface area (Å²) in [6.07, 6.45) is 5.63. The number of piperazine rings is 1. The van der Waals surface area contributed by atoms with Crippen molar-refractivity contribution >= 4 is 5.91 Å². The molecule has 0 saturated carbocycles. The van der Waals surface area contributed by atoms with Gasteiger partial charge in [0.25, 0.3) is 5.91 Å². The molecule has 2 rings (SSSR count). The van der Waals surface area contributed by atoms with Gasteiger partial charge in [0, 0.05) is 39.3 Å². The Morgan fingerprint density at radius 3 is 2.78 bits per heavy atom. The Hall–Kier alpha value is -1.70. The molecule has 0 radical (unpaired) electrons. The summed E-state index contributed by atoms with van der Waals surface area (Å²) in [6, 6.07) is 0. The number of hydrogen-bond acceptors (Lipinski definition) is 6.